The van der Waals surface area contributed by atoms with Crippen LogP contribution in [0.5, 0.6) is 11.5 Å². The minimum absolute atomic E-state index is 0.112. The molecule has 5 rings (SSSR count). The maximum Gasteiger partial charge on any atom is 0.257 e. The molecule has 2 heterocycles. The zero-order chi connectivity index (χ0) is 23.7. The number of carbonyl (C=O) groups is 1. The lowest BCUT2D eigenvalue weighted by atomic mass is 9.92. The SMILES string of the molecule is Cc1noc(C)c1C(=O)N[C@H]1CC[C@H](Oc2ccc3c(c2)CCC(c2ccccc2F)O3)CC1. The lowest BCUT2D eigenvalue weighted by molar-refractivity contribution is 0.0891. The summed E-state index contributed by atoms with van der Waals surface area (Å²) < 4.78 is 31.6. The van der Waals surface area contributed by atoms with Crippen molar-refractivity contribution in [1.82, 2.24) is 10.5 Å². The van der Waals surface area contributed by atoms with E-state index in [9.17, 15) is 9.18 Å². The Bertz CT molecular complexity index is 1160. The van der Waals surface area contributed by atoms with Gasteiger partial charge in [0, 0.05) is 11.6 Å². The van der Waals surface area contributed by atoms with Crippen molar-refractivity contribution in [1.29, 1.82) is 0 Å². The van der Waals surface area contributed by atoms with Gasteiger partial charge in [-0.05, 0) is 82.2 Å². The van der Waals surface area contributed by atoms with Gasteiger partial charge in [0.1, 0.15) is 34.7 Å². The van der Waals surface area contributed by atoms with Crippen LogP contribution in [0.3, 0.4) is 0 Å². The third kappa shape index (κ3) is 4.65. The zero-order valence-electron chi connectivity index (χ0n) is 19.5. The van der Waals surface area contributed by atoms with E-state index in [1.54, 1.807) is 26.0 Å². The topological polar surface area (TPSA) is 73.6 Å². The highest BCUT2D eigenvalue weighted by atomic mass is 19.1. The highest BCUT2D eigenvalue weighted by molar-refractivity contribution is 5.96. The summed E-state index contributed by atoms with van der Waals surface area (Å²) >= 11 is 0. The van der Waals surface area contributed by atoms with E-state index >= 15 is 0 Å². The number of hydrogen-bond acceptors (Lipinski definition) is 5. The number of amides is 1. The van der Waals surface area contributed by atoms with E-state index in [-0.39, 0.29) is 30.0 Å². The highest BCUT2D eigenvalue weighted by Gasteiger charge is 2.27. The van der Waals surface area contributed by atoms with Gasteiger partial charge in [0.2, 0.25) is 0 Å². The number of ether oxygens (including phenoxy) is 2. The van der Waals surface area contributed by atoms with Crippen molar-refractivity contribution in [2.75, 3.05) is 0 Å². The Kier molecular flexibility index (Phi) is 6.26. The van der Waals surface area contributed by atoms with Crippen LogP contribution < -0.4 is 14.8 Å². The molecule has 178 valence electrons. The summed E-state index contributed by atoms with van der Waals surface area (Å²) in [5, 5.41) is 6.97. The normalized spacial score (nSPS) is 21.9. The minimum atomic E-state index is -0.267. The summed E-state index contributed by atoms with van der Waals surface area (Å²) in [6.07, 6.45) is 4.85. The van der Waals surface area contributed by atoms with Gasteiger partial charge in [-0.3, -0.25) is 4.79 Å². The second-order valence-electron chi connectivity index (χ2n) is 9.20. The van der Waals surface area contributed by atoms with Crippen molar-refractivity contribution in [2.45, 2.75) is 70.6 Å². The van der Waals surface area contributed by atoms with Crippen molar-refractivity contribution >= 4 is 5.91 Å². The summed E-state index contributed by atoms with van der Waals surface area (Å²) in [4.78, 5) is 12.6. The van der Waals surface area contributed by atoms with Crippen molar-refractivity contribution in [3.63, 3.8) is 0 Å². The lowest BCUT2D eigenvalue weighted by Gasteiger charge is -2.30. The van der Waals surface area contributed by atoms with Gasteiger partial charge in [-0.25, -0.2) is 4.39 Å². The molecule has 0 spiro atoms. The molecule has 3 aromatic rings. The van der Waals surface area contributed by atoms with Crippen LogP contribution >= 0.6 is 0 Å². The Balaban J connectivity index is 1.15. The number of aromatic nitrogens is 1. The smallest absolute Gasteiger partial charge is 0.257 e. The average molecular weight is 465 g/mol. The van der Waals surface area contributed by atoms with E-state index in [1.165, 1.54) is 6.07 Å². The molecule has 0 radical (unpaired) electrons. The minimum Gasteiger partial charge on any atom is -0.490 e. The molecule has 34 heavy (non-hydrogen) atoms. The van der Waals surface area contributed by atoms with Crippen molar-refractivity contribution in [3.8, 4) is 11.5 Å². The van der Waals surface area contributed by atoms with Crippen LogP contribution in [-0.4, -0.2) is 23.2 Å². The molecule has 2 aliphatic rings. The van der Waals surface area contributed by atoms with Gasteiger partial charge in [0.15, 0.2) is 0 Å². The highest BCUT2D eigenvalue weighted by Crippen LogP contribution is 2.38. The first-order chi connectivity index (χ1) is 16.5. The number of halogens is 1. The number of nitrogens with one attached hydrogen (secondary N) is 1. The quantitative estimate of drug-likeness (QED) is 0.531. The van der Waals surface area contributed by atoms with E-state index in [1.807, 2.05) is 24.3 Å². The van der Waals surface area contributed by atoms with E-state index in [2.05, 4.69) is 10.5 Å². The molecule has 1 aliphatic carbocycles. The number of fused-ring (bicyclic) bond motifs is 1. The third-order valence-electron chi connectivity index (χ3n) is 6.80. The molecule has 1 N–H and O–H groups in total. The van der Waals surface area contributed by atoms with Crippen LogP contribution in [0.4, 0.5) is 4.39 Å². The third-order valence-corrected chi connectivity index (χ3v) is 6.80. The van der Waals surface area contributed by atoms with Gasteiger partial charge < -0.3 is 19.3 Å². The molecule has 1 atom stereocenters. The second kappa shape index (κ2) is 9.49. The summed E-state index contributed by atoms with van der Waals surface area (Å²) in [7, 11) is 0. The molecule has 2 aromatic carbocycles. The van der Waals surface area contributed by atoms with Gasteiger partial charge in [-0.1, -0.05) is 23.4 Å². The van der Waals surface area contributed by atoms with Crippen molar-refractivity contribution in [2.24, 2.45) is 0 Å². The van der Waals surface area contributed by atoms with E-state index in [0.29, 0.717) is 22.6 Å². The largest absolute Gasteiger partial charge is 0.490 e. The monoisotopic (exact) mass is 464 g/mol. The molecule has 6 nitrogen and oxygen atoms in total. The van der Waals surface area contributed by atoms with Crippen LogP contribution in [0, 0.1) is 19.7 Å². The molecule has 1 aromatic heterocycles. The molecular weight excluding hydrogens is 435 g/mol. The van der Waals surface area contributed by atoms with Gasteiger partial charge in [0.05, 0.1) is 11.8 Å². The second-order valence-corrected chi connectivity index (χ2v) is 9.20. The number of rotatable bonds is 5. The summed E-state index contributed by atoms with van der Waals surface area (Å²) in [6, 6.07) is 12.8. The Morgan fingerprint density at radius 2 is 1.88 bits per heavy atom. The fourth-order valence-electron chi connectivity index (χ4n) is 4.98. The van der Waals surface area contributed by atoms with Gasteiger partial charge in [0.25, 0.3) is 5.91 Å². The molecule has 0 bridgehead atoms. The van der Waals surface area contributed by atoms with Crippen molar-refractivity contribution in [3.05, 3.63) is 76.4 Å². The predicted molar refractivity (Wildman–Crippen MR) is 125 cm³/mol. The van der Waals surface area contributed by atoms with Crippen LogP contribution in [0.2, 0.25) is 0 Å². The maximum atomic E-state index is 14.1. The van der Waals surface area contributed by atoms with Crippen LogP contribution in [0.25, 0.3) is 0 Å². The lowest BCUT2D eigenvalue weighted by Crippen LogP contribution is -2.40. The van der Waals surface area contributed by atoms with E-state index < -0.39 is 0 Å². The number of hydrogen-bond donors (Lipinski definition) is 1. The molecule has 1 saturated carbocycles. The molecule has 0 saturated heterocycles. The molecule has 1 fully saturated rings. The Morgan fingerprint density at radius 3 is 2.62 bits per heavy atom. The van der Waals surface area contributed by atoms with Gasteiger partial charge >= 0.3 is 0 Å². The Morgan fingerprint density at radius 1 is 1.09 bits per heavy atom. The fraction of sp³-hybridized carbons (Fsp3) is 0.407. The van der Waals surface area contributed by atoms with Gasteiger partial charge in [-0.2, -0.15) is 0 Å². The fourth-order valence-corrected chi connectivity index (χ4v) is 4.98. The standard InChI is InChI=1S/C27H29FN2O4/c1-16-26(17(2)34-30-16)27(31)29-19-8-10-20(11-9-19)32-21-12-14-24-18(15-21)7-13-25(33-24)22-5-3-4-6-23(22)28/h3-6,12,14-15,19-20,25H,7-11,13H2,1-2H3,(H,29,31)/t19-,20-,25?. The van der Waals surface area contributed by atoms with Crippen molar-refractivity contribution < 1.29 is 23.2 Å². The van der Waals surface area contributed by atoms with Crippen LogP contribution in [0.15, 0.2) is 47.0 Å². The number of aryl methyl sites for hydroxylation is 3. The predicted octanol–water partition coefficient (Wildman–Crippen LogP) is 5.62. The first-order valence-corrected chi connectivity index (χ1v) is 11.9. The number of carbonyl (C=O) groups excluding carboxylic acids is 1. The summed E-state index contributed by atoms with van der Waals surface area (Å²) in [5.74, 6) is 1.81. The zero-order valence-corrected chi connectivity index (χ0v) is 19.5. The summed E-state index contributed by atoms with van der Waals surface area (Å²) in [5.41, 5.74) is 2.84. The van der Waals surface area contributed by atoms with Gasteiger partial charge in [-0.15, -0.1) is 0 Å². The number of benzene rings is 2. The maximum absolute atomic E-state index is 14.1. The Labute approximate surface area is 198 Å². The van der Waals surface area contributed by atoms with E-state index in [0.717, 1.165) is 55.6 Å². The Hall–Kier alpha value is -3.35. The first-order valence-electron chi connectivity index (χ1n) is 11.9. The molecule has 1 amide bonds. The molecule has 7 heteroatoms. The molecular formula is C27H29FN2O4. The van der Waals surface area contributed by atoms with Crippen LogP contribution in [-0.2, 0) is 6.42 Å². The molecule has 1 aliphatic heterocycles. The van der Waals surface area contributed by atoms with Crippen LogP contribution in [0.1, 0.15) is 71.1 Å². The molecule has 1 unspecified atom stereocenters. The first kappa shape index (κ1) is 22.4. The summed E-state index contributed by atoms with van der Waals surface area (Å²) in [6.45, 7) is 3.53. The van der Waals surface area contributed by atoms with E-state index in [4.69, 9.17) is 14.0 Å². The average Bonchev–Trinajstić information content (AvgIpc) is 3.18. The number of nitrogens with zero attached hydrogens (tertiary/aromatic N) is 1.